The molecular weight excluding hydrogens is 152 g/mol. The van der Waals surface area contributed by atoms with Crippen molar-refractivity contribution in [2.75, 3.05) is 0 Å². The van der Waals surface area contributed by atoms with Gasteiger partial charge in [0.15, 0.2) is 5.78 Å². The van der Waals surface area contributed by atoms with Gasteiger partial charge in [-0.2, -0.15) is 0 Å². The van der Waals surface area contributed by atoms with E-state index in [1.807, 2.05) is 13.8 Å². The molecule has 0 atom stereocenters. The van der Waals surface area contributed by atoms with Crippen molar-refractivity contribution in [3.63, 3.8) is 0 Å². The highest BCUT2D eigenvalue weighted by Gasteiger charge is 2.08. The maximum Gasteiger partial charge on any atom is 0.181 e. The molecule has 0 aliphatic heterocycles. The van der Waals surface area contributed by atoms with E-state index in [1.165, 1.54) is 6.33 Å². The van der Waals surface area contributed by atoms with Crippen LogP contribution in [0.3, 0.4) is 0 Å². The van der Waals surface area contributed by atoms with Crippen LogP contribution in [0.1, 0.15) is 30.8 Å². The van der Waals surface area contributed by atoms with E-state index in [9.17, 15) is 4.79 Å². The van der Waals surface area contributed by atoms with Gasteiger partial charge in [0.2, 0.25) is 0 Å². The first kappa shape index (κ1) is 8.84. The van der Waals surface area contributed by atoms with Crippen LogP contribution in [0.2, 0.25) is 0 Å². The van der Waals surface area contributed by atoms with Crippen LogP contribution >= 0.6 is 0 Å². The molecule has 0 aromatic carbocycles. The largest absolute Gasteiger partial charge is 0.292 e. The Balaban J connectivity index is 2.66. The topological polar surface area (TPSA) is 42.9 Å². The molecule has 1 heterocycles. The second kappa shape index (κ2) is 3.95. The summed E-state index contributed by atoms with van der Waals surface area (Å²) in [6.07, 6.45) is 3.53. The predicted molar refractivity (Wildman–Crippen MR) is 45.8 cm³/mol. The normalized spacial score (nSPS) is 10.2. The summed E-state index contributed by atoms with van der Waals surface area (Å²) < 4.78 is 0. The molecule has 1 aromatic heterocycles. The average Bonchev–Trinajstić information content (AvgIpc) is 2.05. The van der Waals surface area contributed by atoms with Crippen molar-refractivity contribution in [2.24, 2.45) is 5.92 Å². The average molecular weight is 164 g/mol. The van der Waals surface area contributed by atoms with Crippen molar-refractivity contribution >= 4 is 5.78 Å². The minimum absolute atomic E-state index is 0.0902. The third kappa shape index (κ3) is 2.42. The highest BCUT2D eigenvalue weighted by molar-refractivity contribution is 5.94. The summed E-state index contributed by atoms with van der Waals surface area (Å²) in [6, 6.07) is 1.64. The summed E-state index contributed by atoms with van der Waals surface area (Å²) in [5.74, 6) is 0.472. The Hall–Kier alpha value is -1.25. The van der Waals surface area contributed by atoms with E-state index in [4.69, 9.17) is 0 Å². The fourth-order valence-corrected chi connectivity index (χ4v) is 0.931. The summed E-state index contributed by atoms with van der Waals surface area (Å²) in [7, 11) is 0. The third-order valence-electron chi connectivity index (χ3n) is 1.46. The van der Waals surface area contributed by atoms with E-state index in [0.717, 1.165) is 0 Å². The van der Waals surface area contributed by atoms with Gasteiger partial charge in [0, 0.05) is 12.6 Å². The Morgan fingerprint density at radius 1 is 1.58 bits per heavy atom. The zero-order valence-corrected chi connectivity index (χ0v) is 7.32. The number of hydrogen-bond donors (Lipinski definition) is 0. The summed E-state index contributed by atoms with van der Waals surface area (Å²) in [5, 5.41) is 0. The van der Waals surface area contributed by atoms with Crippen LogP contribution in [0.4, 0.5) is 0 Å². The monoisotopic (exact) mass is 164 g/mol. The predicted octanol–water partition coefficient (Wildman–Crippen LogP) is 1.71. The number of nitrogens with zero attached hydrogens (tertiary/aromatic N) is 2. The Kier molecular flexibility index (Phi) is 2.91. The molecule has 0 saturated carbocycles. The second-order valence-corrected chi connectivity index (χ2v) is 3.12. The van der Waals surface area contributed by atoms with Crippen molar-refractivity contribution < 1.29 is 4.79 Å². The van der Waals surface area contributed by atoms with Gasteiger partial charge in [0.05, 0.1) is 0 Å². The molecule has 0 amide bonds. The summed E-state index contributed by atoms with van der Waals surface area (Å²) >= 11 is 0. The number of carbonyl (C=O) groups excluding carboxylic acids is 1. The van der Waals surface area contributed by atoms with Gasteiger partial charge >= 0.3 is 0 Å². The number of aromatic nitrogens is 2. The molecular formula is C9H12N2O. The molecule has 1 aromatic rings. The molecule has 0 spiro atoms. The minimum atomic E-state index is 0.0902. The second-order valence-electron chi connectivity index (χ2n) is 3.12. The first-order valence-corrected chi connectivity index (χ1v) is 3.99. The van der Waals surface area contributed by atoms with Gasteiger partial charge < -0.3 is 0 Å². The minimum Gasteiger partial charge on any atom is -0.292 e. The molecule has 0 aliphatic carbocycles. The zero-order valence-electron chi connectivity index (χ0n) is 7.32. The molecule has 0 unspecified atom stereocenters. The van der Waals surface area contributed by atoms with Gasteiger partial charge in [0.1, 0.15) is 12.0 Å². The quantitative estimate of drug-likeness (QED) is 0.638. The van der Waals surface area contributed by atoms with E-state index in [1.54, 1.807) is 12.3 Å². The lowest BCUT2D eigenvalue weighted by Gasteiger charge is -2.01. The van der Waals surface area contributed by atoms with Crippen molar-refractivity contribution in [1.82, 2.24) is 9.97 Å². The molecule has 0 radical (unpaired) electrons. The van der Waals surface area contributed by atoms with E-state index in [2.05, 4.69) is 9.97 Å². The number of carbonyl (C=O) groups is 1. The molecule has 3 heteroatoms. The van der Waals surface area contributed by atoms with Gasteiger partial charge in [-0.3, -0.25) is 4.79 Å². The Labute approximate surface area is 71.9 Å². The maximum atomic E-state index is 11.4. The Bertz CT molecular complexity index is 256. The third-order valence-corrected chi connectivity index (χ3v) is 1.46. The van der Waals surface area contributed by atoms with E-state index in [-0.39, 0.29) is 5.78 Å². The number of Topliss-reactive ketones (excluding diaryl/α,β-unsaturated/α-hetero) is 1. The van der Waals surface area contributed by atoms with Gasteiger partial charge in [0.25, 0.3) is 0 Å². The van der Waals surface area contributed by atoms with Crippen molar-refractivity contribution in [2.45, 2.75) is 20.3 Å². The van der Waals surface area contributed by atoms with Crippen LogP contribution in [0.25, 0.3) is 0 Å². The van der Waals surface area contributed by atoms with Crippen LogP contribution in [0.5, 0.6) is 0 Å². The summed E-state index contributed by atoms with van der Waals surface area (Å²) in [5.41, 5.74) is 0.513. The number of rotatable bonds is 3. The Morgan fingerprint density at radius 2 is 2.33 bits per heavy atom. The van der Waals surface area contributed by atoms with Crippen molar-refractivity contribution in [3.05, 3.63) is 24.3 Å². The van der Waals surface area contributed by atoms with E-state index in [0.29, 0.717) is 18.0 Å². The van der Waals surface area contributed by atoms with Gasteiger partial charge in [-0.15, -0.1) is 0 Å². The number of hydrogen-bond acceptors (Lipinski definition) is 3. The lowest BCUT2D eigenvalue weighted by Crippen LogP contribution is -2.05. The van der Waals surface area contributed by atoms with Crippen LogP contribution in [0.15, 0.2) is 18.6 Å². The molecule has 0 N–H and O–H groups in total. The fraction of sp³-hybridized carbons (Fsp3) is 0.444. The molecule has 0 aliphatic rings. The zero-order chi connectivity index (χ0) is 8.97. The van der Waals surface area contributed by atoms with E-state index < -0.39 is 0 Å². The van der Waals surface area contributed by atoms with Crippen molar-refractivity contribution in [3.8, 4) is 0 Å². The van der Waals surface area contributed by atoms with E-state index >= 15 is 0 Å². The van der Waals surface area contributed by atoms with Crippen LogP contribution in [-0.4, -0.2) is 15.8 Å². The molecule has 64 valence electrons. The molecule has 0 saturated heterocycles. The first-order valence-electron chi connectivity index (χ1n) is 3.99. The van der Waals surface area contributed by atoms with Gasteiger partial charge in [-0.1, -0.05) is 13.8 Å². The summed E-state index contributed by atoms with van der Waals surface area (Å²) in [4.78, 5) is 19.0. The van der Waals surface area contributed by atoms with Crippen LogP contribution in [0, 0.1) is 5.92 Å². The standard InChI is InChI=1S/C9H12N2O/c1-7(2)5-9(12)8-3-4-10-6-11-8/h3-4,6-7H,5H2,1-2H3. The molecule has 3 nitrogen and oxygen atoms in total. The highest BCUT2D eigenvalue weighted by Crippen LogP contribution is 2.05. The Morgan fingerprint density at radius 3 is 2.83 bits per heavy atom. The van der Waals surface area contributed by atoms with Crippen LogP contribution in [-0.2, 0) is 0 Å². The lowest BCUT2D eigenvalue weighted by molar-refractivity contribution is 0.0963. The van der Waals surface area contributed by atoms with Crippen LogP contribution < -0.4 is 0 Å². The highest BCUT2D eigenvalue weighted by atomic mass is 16.1. The number of ketones is 1. The molecule has 12 heavy (non-hydrogen) atoms. The molecule has 1 rings (SSSR count). The van der Waals surface area contributed by atoms with Crippen molar-refractivity contribution in [1.29, 1.82) is 0 Å². The maximum absolute atomic E-state index is 11.4. The fourth-order valence-electron chi connectivity index (χ4n) is 0.931. The van der Waals surface area contributed by atoms with Gasteiger partial charge in [-0.05, 0) is 12.0 Å². The van der Waals surface area contributed by atoms with Gasteiger partial charge in [-0.25, -0.2) is 9.97 Å². The summed E-state index contributed by atoms with van der Waals surface area (Å²) in [6.45, 7) is 4.03. The first-order chi connectivity index (χ1) is 5.70. The lowest BCUT2D eigenvalue weighted by atomic mass is 10.1. The smallest absolute Gasteiger partial charge is 0.181 e. The molecule has 0 bridgehead atoms. The SMILES string of the molecule is CC(C)CC(=O)c1ccncn1. The molecule has 0 fully saturated rings.